The summed E-state index contributed by atoms with van der Waals surface area (Å²) in [5.41, 5.74) is -0.274. The minimum absolute atomic E-state index is 0.554. The molecule has 0 aliphatic carbocycles. The Morgan fingerprint density at radius 1 is 0.944 bits per heavy atom. The summed E-state index contributed by atoms with van der Waals surface area (Å²) in [6.07, 6.45) is 1.57. The van der Waals surface area contributed by atoms with Crippen LogP contribution in [0.3, 0.4) is 0 Å². The number of fused-ring (bicyclic) bond motifs is 1. The quantitative estimate of drug-likeness (QED) is 0.738. The normalized spacial score (nSPS) is 14.6. The first-order valence-corrected chi connectivity index (χ1v) is 5.93. The van der Waals surface area contributed by atoms with Crippen molar-refractivity contribution in [3.8, 4) is 0 Å². The Morgan fingerprint density at radius 2 is 1.72 bits per heavy atom. The Hall–Kier alpha value is -2.06. The number of hydrogen-bond donors (Lipinski definition) is 1. The van der Waals surface area contributed by atoms with Gasteiger partial charge in [0.1, 0.15) is 11.4 Å². The van der Waals surface area contributed by atoms with Gasteiger partial charge < -0.3 is 9.52 Å². The van der Waals surface area contributed by atoms with Gasteiger partial charge in [0.2, 0.25) is 0 Å². The molecule has 0 fully saturated rings. The maximum Gasteiger partial charge on any atom is 0.144 e. The van der Waals surface area contributed by atoms with Crippen molar-refractivity contribution in [3.05, 3.63) is 72.2 Å². The zero-order valence-corrected chi connectivity index (χ0v) is 10.1. The van der Waals surface area contributed by atoms with E-state index in [-0.39, 0.29) is 0 Å². The molecule has 3 aromatic rings. The molecular weight excluding hydrogens is 224 g/mol. The fraction of sp³-hybridized carbons (Fsp3) is 0.125. The van der Waals surface area contributed by atoms with E-state index in [9.17, 15) is 5.11 Å². The summed E-state index contributed by atoms with van der Waals surface area (Å²) >= 11 is 0. The number of furan rings is 1. The van der Waals surface area contributed by atoms with E-state index in [1.54, 1.807) is 25.3 Å². The maximum atomic E-state index is 10.6. The zero-order valence-electron chi connectivity index (χ0n) is 10.1. The molecule has 0 aliphatic heterocycles. The number of aliphatic hydroxyl groups is 1. The summed E-state index contributed by atoms with van der Waals surface area (Å²) in [5.74, 6) is 0.554. The van der Waals surface area contributed by atoms with Gasteiger partial charge in [-0.05, 0) is 41.5 Å². The van der Waals surface area contributed by atoms with Gasteiger partial charge in [-0.15, -0.1) is 0 Å². The van der Waals surface area contributed by atoms with Crippen molar-refractivity contribution in [2.24, 2.45) is 0 Å². The molecule has 0 saturated carbocycles. The van der Waals surface area contributed by atoms with E-state index in [1.165, 1.54) is 0 Å². The molecule has 0 unspecified atom stereocenters. The maximum absolute atomic E-state index is 10.6. The van der Waals surface area contributed by atoms with E-state index in [1.807, 2.05) is 36.4 Å². The van der Waals surface area contributed by atoms with Crippen LogP contribution in [0, 0.1) is 0 Å². The van der Waals surface area contributed by atoms with Crippen molar-refractivity contribution < 1.29 is 9.52 Å². The van der Waals surface area contributed by atoms with Gasteiger partial charge >= 0.3 is 0 Å². The molecule has 18 heavy (non-hydrogen) atoms. The first kappa shape index (κ1) is 11.1. The van der Waals surface area contributed by atoms with Gasteiger partial charge in [0, 0.05) is 0 Å². The molecule has 0 radical (unpaired) electrons. The van der Waals surface area contributed by atoms with E-state index in [2.05, 4.69) is 6.07 Å². The van der Waals surface area contributed by atoms with Gasteiger partial charge in [-0.25, -0.2) is 0 Å². The Morgan fingerprint density at radius 3 is 2.44 bits per heavy atom. The Bertz CT molecular complexity index is 666. The van der Waals surface area contributed by atoms with Crippen molar-refractivity contribution in [1.29, 1.82) is 0 Å². The molecule has 2 heteroatoms. The van der Waals surface area contributed by atoms with Gasteiger partial charge in [0.05, 0.1) is 6.26 Å². The molecule has 0 amide bonds. The largest absolute Gasteiger partial charge is 0.466 e. The fourth-order valence-corrected chi connectivity index (χ4v) is 2.19. The van der Waals surface area contributed by atoms with Crippen LogP contribution in [0.1, 0.15) is 18.2 Å². The second-order valence-electron chi connectivity index (χ2n) is 4.61. The van der Waals surface area contributed by atoms with E-state index >= 15 is 0 Å². The van der Waals surface area contributed by atoms with Crippen molar-refractivity contribution in [3.63, 3.8) is 0 Å². The topological polar surface area (TPSA) is 33.4 Å². The highest BCUT2D eigenvalue weighted by Crippen LogP contribution is 2.31. The van der Waals surface area contributed by atoms with Gasteiger partial charge in [-0.1, -0.05) is 36.4 Å². The Labute approximate surface area is 105 Å². The van der Waals surface area contributed by atoms with Crippen molar-refractivity contribution in [2.45, 2.75) is 12.5 Å². The van der Waals surface area contributed by atoms with Crippen molar-refractivity contribution >= 4 is 10.8 Å². The molecule has 0 aliphatic rings. The zero-order chi connectivity index (χ0) is 12.6. The molecule has 1 atom stereocenters. The van der Waals surface area contributed by atoms with Gasteiger partial charge in [-0.2, -0.15) is 0 Å². The summed E-state index contributed by atoms with van der Waals surface area (Å²) in [6, 6.07) is 17.6. The first-order chi connectivity index (χ1) is 8.68. The van der Waals surface area contributed by atoms with Crippen LogP contribution < -0.4 is 0 Å². The lowest BCUT2D eigenvalue weighted by molar-refractivity contribution is 0.0769. The van der Waals surface area contributed by atoms with Gasteiger partial charge in [0.15, 0.2) is 0 Å². The second-order valence-corrected chi connectivity index (χ2v) is 4.61. The minimum Gasteiger partial charge on any atom is -0.466 e. The van der Waals surface area contributed by atoms with Gasteiger partial charge in [-0.3, -0.25) is 0 Å². The monoisotopic (exact) mass is 238 g/mol. The van der Waals surface area contributed by atoms with Crippen LogP contribution in [-0.2, 0) is 5.60 Å². The highest BCUT2D eigenvalue weighted by Gasteiger charge is 2.28. The third-order valence-corrected chi connectivity index (χ3v) is 3.31. The third kappa shape index (κ3) is 1.71. The SMILES string of the molecule is C[C@@](O)(c1ccc2ccccc2c1)c1ccco1. The van der Waals surface area contributed by atoms with Gasteiger partial charge in [0.25, 0.3) is 0 Å². The Balaban J connectivity index is 2.14. The van der Waals surface area contributed by atoms with Crippen LogP contribution in [0.25, 0.3) is 10.8 Å². The van der Waals surface area contributed by atoms with Crippen molar-refractivity contribution in [2.75, 3.05) is 0 Å². The molecule has 1 N–H and O–H groups in total. The van der Waals surface area contributed by atoms with E-state index in [4.69, 9.17) is 4.42 Å². The molecule has 2 nitrogen and oxygen atoms in total. The van der Waals surface area contributed by atoms with Crippen LogP contribution >= 0.6 is 0 Å². The summed E-state index contributed by atoms with van der Waals surface area (Å²) in [6.45, 7) is 1.75. The molecule has 1 aromatic heterocycles. The average molecular weight is 238 g/mol. The van der Waals surface area contributed by atoms with E-state index < -0.39 is 5.60 Å². The molecule has 90 valence electrons. The lowest BCUT2D eigenvalue weighted by Gasteiger charge is -2.21. The number of rotatable bonds is 2. The lowest BCUT2D eigenvalue weighted by atomic mass is 9.91. The third-order valence-electron chi connectivity index (χ3n) is 3.31. The second kappa shape index (κ2) is 4.00. The summed E-state index contributed by atoms with van der Waals surface area (Å²) in [4.78, 5) is 0. The van der Waals surface area contributed by atoms with Crippen molar-refractivity contribution in [1.82, 2.24) is 0 Å². The predicted octanol–water partition coefficient (Wildman–Crippen LogP) is 3.69. The van der Waals surface area contributed by atoms with Crippen LogP contribution in [0.15, 0.2) is 65.3 Å². The van der Waals surface area contributed by atoms with Crippen LogP contribution in [0.5, 0.6) is 0 Å². The first-order valence-electron chi connectivity index (χ1n) is 5.93. The van der Waals surface area contributed by atoms with Crippen LogP contribution in [-0.4, -0.2) is 5.11 Å². The number of benzene rings is 2. The molecular formula is C16H14O2. The molecule has 0 bridgehead atoms. The highest BCUT2D eigenvalue weighted by molar-refractivity contribution is 5.83. The molecule has 0 spiro atoms. The summed E-state index contributed by atoms with van der Waals surface area (Å²) in [5, 5.41) is 12.9. The molecule has 2 aromatic carbocycles. The fourth-order valence-electron chi connectivity index (χ4n) is 2.19. The van der Waals surface area contributed by atoms with E-state index in [0.29, 0.717) is 5.76 Å². The Kier molecular flexibility index (Phi) is 2.46. The van der Waals surface area contributed by atoms with Crippen LogP contribution in [0.4, 0.5) is 0 Å². The highest BCUT2D eigenvalue weighted by atomic mass is 16.4. The summed E-state index contributed by atoms with van der Waals surface area (Å²) < 4.78 is 5.31. The molecule has 3 rings (SSSR count). The smallest absolute Gasteiger partial charge is 0.144 e. The lowest BCUT2D eigenvalue weighted by Crippen LogP contribution is -2.21. The van der Waals surface area contributed by atoms with Crippen LogP contribution in [0.2, 0.25) is 0 Å². The number of hydrogen-bond acceptors (Lipinski definition) is 2. The molecule has 1 heterocycles. The minimum atomic E-state index is -1.10. The predicted molar refractivity (Wildman–Crippen MR) is 71.3 cm³/mol. The molecule has 0 saturated heterocycles. The summed E-state index contributed by atoms with van der Waals surface area (Å²) in [7, 11) is 0. The standard InChI is InChI=1S/C16H14O2/c1-16(17,15-7-4-10-18-15)14-9-8-12-5-2-3-6-13(12)11-14/h2-11,17H,1H3/t16-/m1/s1. The van der Waals surface area contributed by atoms with E-state index in [0.717, 1.165) is 16.3 Å². The average Bonchev–Trinajstić information content (AvgIpc) is 2.92.